The number of carbonyl (C=O) groups excluding carboxylic acids is 2. The Morgan fingerprint density at radius 1 is 1.11 bits per heavy atom. The lowest BCUT2D eigenvalue weighted by Gasteiger charge is -2.10. The van der Waals surface area contributed by atoms with Gasteiger partial charge in [-0.15, -0.1) is 0 Å². The van der Waals surface area contributed by atoms with Crippen molar-refractivity contribution in [3.05, 3.63) is 93.3 Å². The highest BCUT2D eigenvalue weighted by Gasteiger charge is 2.18. The van der Waals surface area contributed by atoms with Gasteiger partial charge in [0, 0.05) is 17.7 Å². The highest BCUT2D eigenvalue weighted by Crippen LogP contribution is 2.15. The van der Waals surface area contributed by atoms with Crippen LogP contribution in [0.3, 0.4) is 0 Å². The summed E-state index contributed by atoms with van der Waals surface area (Å²) in [5.74, 6) is -0.619. The molecule has 142 valence electrons. The van der Waals surface area contributed by atoms with Crippen LogP contribution in [0.15, 0.2) is 60.9 Å². The first-order valence-corrected chi connectivity index (χ1v) is 8.61. The molecule has 2 aromatic carbocycles. The molecular weight excluding hydrogens is 360 g/mol. The summed E-state index contributed by atoms with van der Waals surface area (Å²) in [7, 11) is 0. The standard InChI is InChI=1S/C20H18N4O4/c1-14-6-8-15(9-7-14)19(25)17-4-2-3-5-18(17)20(26)21-10-11-23-13-16(12-22-23)24(27)28/h2-9,12-13H,10-11H2,1H3,(H,21,26). The molecule has 3 rings (SSSR count). The molecule has 1 heterocycles. The van der Waals surface area contributed by atoms with E-state index in [2.05, 4.69) is 10.4 Å². The van der Waals surface area contributed by atoms with E-state index in [-0.39, 0.29) is 30.1 Å². The first-order valence-electron chi connectivity index (χ1n) is 8.61. The first kappa shape index (κ1) is 19.0. The second kappa shape index (κ2) is 8.26. The summed E-state index contributed by atoms with van der Waals surface area (Å²) in [4.78, 5) is 35.5. The predicted octanol–water partition coefficient (Wildman–Crippen LogP) is 2.76. The van der Waals surface area contributed by atoms with Crippen molar-refractivity contribution in [1.29, 1.82) is 0 Å². The molecule has 1 aromatic heterocycles. The number of carbonyl (C=O) groups is 2. The lowest BCUT2D eigenvalue weighted by molar-refractivity contribution is -0.385. The molecule has 0 saturated carbocycles. The third-order valence-electron chi connectivity index (χ3n) is 4.19. The fraction of sp³-hybridized carbons (Fsp3) is 0.150. The minimum absolute atomic E-state index is 0.111. The van der Waals surface area contributed by atoms with Crippen molar-refractivity contribution >= 4 is 17.4 Å². The van der Waals surface area contributed by atoms with E-state index in [9.17, 15) is 19.7 Å². The van der Waals surface area contributed by atoms with Gasteiger partial charge in [0.15, 0.2) is 5.78 Å². The molecule has 0 aliphatic rings. The molecule has 1 N–H and O–H groups in total. The number of amides is 1. The Labute approximate surface area is 161 Å². The van der Waals surface area contributed by atoms with Crippen LogP contribution in [0.5, 0.6) is 0 Å². The van der Waals surface area contributed by atoms with Gasteiger partial charge in [-0.2, -0.15) is 5.10 Å². The molecule has 8 heteroatoms. The van der Waals surface area contributed by atoms with Crippen LogP contribution < -0.4 is 5.32 Å². The monoisotopic (exact) mass is 378 g/mol. The predicted molar refractivity (Wildman–Crippen MR) is 102 cm³/mol. The van der Waals surface area contributed by atoms with E-state index in [0.29, 0.717) is 11.1 Å². The first-order chi connectivity index (χ1) is 13.5. The minimum atomic E-state index is -0.533. The Balaban J connectivity index is 1.69. The number of ketones is 1. The molecule has 3 aromatic rings. The van der Waals surface area contributed by atoms with Gasteiger partial charge in [0.2, 0.25) is 0 Å². The molecule has 28 heavy (non-hydrogen) atoms. The molecular formula is C20H18N4O4. The van der Waals surface area contributed by atoms with Crippen molar-refractivity contribution in [2.24, 2.45) is 0 Å². The molecule has 0 aliphatic heterocycles. The Morgan fingerprint density at radius 2 is 1.79 bits per heavy atom. The number of nitrogens with one attached hydrogen (secondary N) is 1. The topological polar surface area (TPSA) is 107 Å². The van der Waals surface area contributed by atoms with Gasteiger partial charge >= 0.3 is 5.69 Å². The molecule has 0 aliphatic carbocycles. The van der Waals surface area contributed by atoms with Crippen LogP contribution in [-0.2, 0) is 6.54 Å². The molecule has 1 amide bonds. The number of rotatable bonds is 7. The van der Waals surface area contributed by atoms with Crippen LogP contribution in [0.2, 0.25) is 0 Å². The Morgan fingerprint density at radius 3 is 2.43 bits per heavy atom. The summed E-state index contributed by atoms with van der Waals surface area (Å²) in [5.41, 5.74) is 2.04. The number of hydrogen-bond acceptors (Lipinski definition) is 5. The maximum atomic E-state index is 12.8. The van der Waals surface area contributed by atoms with Gasteiger partial charge < -0.3 is 5.32 Å². The van der Waals surface area contributed by atoms with Gasteiger partial charge in [-0.1, -0.05) is 48.0 Å². The Kier molecular flexibility index (Phi) is 5.59. The van der Waals surface area contributed by atoms with E-state index in [1.165, 1.54) is 10.9 Å². The maximum absolute atomic E-state index is 12.8. The third-order valence-corrected chi connectivity index (χ3v) is 4.19. The zero-order chi connectivity index (χ0) is 20.1. The summed E-state index contributed by atoms with van der Waals surface area (Å²) >= 11 is 0. The summed E-state index contributed by atoms with van der Waals surface area (Å²) in [6.45, 7) is 2.42. The van der Waals surface area contributed by atoms with Crippen molar-refractivity contribution in [3.8, 4) is 0 Å². The van der Waals surface area contributed by atoms with E-state index in [1.54, 1.807) is 36.4 Å². The van der Waals surface area contributed by atoms with Gasteiger partial charge in [-0.3, -0.25) is 24.4 Å². The molecule has 0 spiro atoms. The lowest BCUT2D eigenvalue weighted by atomic mass is 9.97. The summed E-state index contributed by atoms with van der Waals surface area (Å²) in [6, 6.07) is 13.8. The highest BCUT2D eigenvalue weighted by molar-refractivity contribution is 6.15. The van der Waals surface area contributed by atoms with Crippen molar-refractivity contribution in [2.75, 3.05) is 6.54 Å². The number of aryl methyl sites for hydroxylation is 1. The molecule has 0 radical (unpaired) electrons. The van der Waals surface area contributed by atoms with Crippen LogP contribution in [0.25, 0.3) is 0 Å². The van der Waals surface area contributed by atoms with Crippen LogP contribution in [-0.4, -0.2) is 32.9 Å². The van der Waals surface area contributed by atoms with Crippen LogP contribution in [0.1, 0.15) is 31.8 Å². The zero-order valence-electron chi connectivity index (χ0n) is 15.2. The second-order valence-electron chi connectivity index (χ2n) is 6.22. The van der Waals surface area contributed by atoms with E-state index in [1.807, 2.05) is 19.1 Å². The van der Waals surface area contributed by atoms with Gasteiger partial charge in [-0.05, 0) is 13.0 Å². The Bertz CT molecular complexity index is 1020. The van der Waals surface area contributed by atoms with E-state index in [0.717, 1.165) is 11.8 Å². The lowest BCUT2D eigenvalue weighted by Crippen LogP contribution is -2.28. The second-order valence-corrected chi connectivity index (χ2v) is 6.22. The number of aromatic nitrogens is 2. The maximum Gasteiger partial charge on any atom is 0.306 e. The number of nitro groups is 1. The fourth-order valence-electron chi connectivity index (χ4n) is 2.69. The molecule has 0 saturated heterocycles. The highest BCUT2D eigenvalue weighted by atomic mass is 16.6. The van der Waals surface area contributed by atoms with E-state index >= 15 is 0 Å². The summed E-state index contributed by atoms with van der Waals surface area (Å²) in [6.07, 6.45) is 2.44. The van der Waals surface area contributed by atoms with E-state index in [4.69, 9.17) is 0 Å². The third kappa shape index (κ3) is 4.29. The minimum Gasteiger partial charge on any atom is -0.350 e. The van der Waals surface area contributed by atoms with Crippen LogP contribution >= 0.6 is 0 Å². The van der Waals surface area contributed by atoms with Crippen LogP contribution in [0, 0.1) is 17.0 Å². The largest absolute Gasteiger partial charge is 0.350 e. The van der Waals surface area contributed by atoms with Gasteiger partial charge in [-0.25, -0.2) is 0 Å². The summed E-state index contributed by atoms with van der Waals surface area (Å²) in [5, 5.41) is 17.3. The van der Waals surface area contributed by atoms with Crippen molar-refractivity contribution in [3.63, 3.8) is 0 Å². The van der Waals surface area contributed by atoms with Crippen LogP contribution in [0.4, 0.5) is 5.69 Å². The zero-order valence-corrected chi connectivity index (χ0v) is 15.2. The number of hydrogen-bond donors (Lipinski definition) is 1. The van der Waals surface area contributed by atoms with E-state index < -0.39 is 10.8 Å². The number of benzene rings is 2. The normalized spacial score (nSPS) is 10.5. The number of nitrogens with zero attached hydrogens (tertiary/aromatic N) is 3. The Hall–Kier alpha value is -3.81. The average molecular weight is 378 g/mol. The molecule has 0 fully saturated rings. The molecule has 8 nitrogen and oxygen atoms in total. The average Bonchev–Trinajstić information content (AvgIpc) is 3.17. The van der Waals surface area contributed by atoms with Gasteiger partial charge in [0.1, 0.15) is 12.4 Å². The smallest absolute Gasteiger partial charge is 0.306 e. The molecule has 0 atom stereocenters. The fourth-order valence-corrected chi connectivity index (χ4v) is 2.69. The van der Waals surface area contributed by atoms with Crippen molar-refractivity contribution < 1.29 is 14.5 Å². The van der Waals surface area contributed by atoms with Gasteiger partial charge in [0.05, 0.1) is 17.0 Å². The van der Waals surface area contributed by atoms with Crippen molar-refractivity contribution in [2.45, 2.75) is 13.5 Å². The van der Waals surface area contributed by atoms with Crippen molar-refractivity contribution in [1.82, 2.24) is 15.1 Å². The molecule has 0 bridgehead atoms. The SMILES string of the molecule is Cc1ccc(C(=O)c2ccccc2C(=O)NCCn2cc([N+](=O)[O-])cn2)cc1. The quantitative estimate of drug-likeness (QED) is 0.386. The van der Waals surface area contributed by atoms with Gasteiger partial charge in [0.25, 0.3) is 5.91 Å². The molecule has 0 unspecified atom stereocenters. The summed E-state index contributed by atoms with van der Waals surface area (Å²) < 4.78 is 1.38.